The van der Waals surface area contributed by atoms with Crippen LogP contribution in [0.1, 0.15) is 31.2 Å². The molecule has 1 N–H and O–H groups in total. The molecule has 2 atom stereocenters. The quantitative estimate of drug-likeness (QED) is 0.706. The summed E-state index contributed by atoms with van der Waals surface area (Å²) in [5, 5.41) is 10.8. The van der Waals surface area contributed by atoms with Crippen molar-refractivity contribution in [1.82, 2.24) is 9.80 Å². The Kier molecular flexibility index (Phi) is 5.82. The van der Waals surface area contributed by atoms with Crippen LogP contribution in [0, 0.1) is 11.8 Å². The third kappa shape index (κ3) is 3.97. The highest BCUT2D eigenvalue weighted by Crippen LogP contribution is 2.40. The van der Waals surface area contributed by atoms with Gasteiger partial charge in [0.25, 0.3) is 0 Å². The van der Waals surface area contributed by atoms with Gasteiger partial charge >= 0.3 is 5.97 Å². The number of para-hydroxylation sites is 1. The fourth-order valence-corrected chi connectivity index (χ4v) is 5.58. The van der Waals surface area contributed by atoms with Gasteiger partial charge in [0, 0.05) is 30.7 Å². The minimum Gasteiger partial charge on any atom is -0.481 e. The second kappa shape index (κ2) is 8.75. The standard InChI is InChI=1S/C25H28ClN3O3/c1-28-12-13-29(15-20(28)23(25(30)31)16-6-2-3-7-16)24-18-8-4-5-9-21(18)32-22-11-10-17(26)14-19(22)27-24/h4-5,8-11,14,16,20,23H,2-3,6-7,12-13,15H2,1H3,(H,30,31). The lowest BCUT2D eigenvalue weighted by Crippen LogP contribution is -2.58. The van der Waals surface area contributed by atoms with Crippen molar-refractivity contribution in [3.05, 3.63) is 53.1 Å². The Morgan fingerprint density at radius 2 is 1.94 bits per heavy atom. The molecule has 1 aliphatic carbocycles. The van der Waals surface area contributed by atoms with Crippen LogP contribution in [-0.4, -0.2) is 59.4 Å². The molecule has 2 aliphatic heterocycles. The molecule has 2 heterocycles. The maximum Gasteiger partial charge on any atom is 0.308 e. The summed E-state index contributed by atoms with van der Waals surface area (Å²) in [6, 6.07) is 13.3. The first-order valence-electron chi connectivity index (χ1n) is 11.3. The predicted octanol–water partition coefficient (Wildman–Crippen LogP) is 5.03. The zero-order chi connectivity index (χ0) is 22.2. The van der Waals surface area contributed by atoms with Crippen LogP contribution in [0.15, 0.2) is 47.5 Å². The average molecular weight is 454 g/mol. The van der Waals surface area contributed by atoms with E-state index in [1.807, 2.05) is 43.4 Å². The first kappa shape index (κ1) is 21.3. The summed E-state index contributed by atoms with van der Waals surface area (Å²) in [4.78, 5) is 21.8. The Balaban J connectivity index is 1.53. The number of rotatable bonds is 3. The predicted molar refractivity (Wildman–Crippen MR) is 125 cm³/mol. The first-order chi connectivity index (χ1) is 15.5. The molecule has 0 amide bonds. The zero-order valence-electron chi connectivity index (χ0n) is 18.2. The van der Waals surface area contributed by atoms with Crippen LogP contribution in [-0.2, 0) is 4.79 Å². The van der Waals surface area contributed by atoms with Gasteiger partial charge in [0.2, 0.25) is 0 Å². The number of piperazine rings is 1. The topological polar surface area (TPSA) is 65.4 Å². The number of hydrogen-bond acceptors (Lipinski definition) is 5. The molecule has 2 unspecified atom stereocenters. The summed E-state index contributed by atoms with van der Waals surface area (Å²) in [5.74, 6) is 1.41. The lowest BCUT2D eigenvalue weighted by atomic mass is 9.83. The maximum atomic E-state index is 12.4. The molecular formula is C25H28ClN3O3. The lowest BCUT2D eigenvalue weighted by Gasteiger charge is -2.44. The summed E-state index contributed by atoms with van der Waals surface area (Å²) in [7, 11) is 2.05. The van der Waals surface area contributed by atoms with Crippen LogP contribution >= 0.6 is 11.6 Å². The van der Waals surface area contributed by atoms with E-state index in [1.165, 1.54) is 0 Å². The Bertz CT molecular complexity index is 1050. The number of amidine groups is 1. The molecule has 3 aliphatic rings. The van der Waals surface area contributed by atoms with Crippen LogP contribution in [0.5, 0.6) is 11.5 Å². The number of carboxylic acid groups (broad SMARTS) is 1. The number of likely N-dealkylation sites (N-methyl/N-ethyl adjacent to an activating group) is 1. The number of fused-ring (bicyclic) bond motifs is 2. The van der Waals surface area contributed by atoms with Crippen molar-refractivity contribution in [2.24, 2.45) is 16.8 Å². The van der Waals surface area contributed by atoms with Gasteiger partial charge in [-0.15, -0.1) is 0 Å². The van der Waals surface area contributed by atoms with Gasteiger partial charge in [-0.25, -0.2) is 4.99 Å². The Morgan fingerprint density at radius 3 is 2.72 bits per heavy atom. The highest BCUT2D eigenvalue weighted by molar-refractivity contribution is 6.31. The van der Waals surface area contributed by atoms with E-state index >= 15 is 0 Å². The smallest absolute Gasteiger partial charge is 0.308 e. The van der Waals surface area contributed by atoms with Crippen molar-refractivity contribution in [2.75, 3.05) is 26.7 Å². The second-order valence-corrected chi connectivity index (χ2v) is 9.48. The highest BCUT2D eigenvalue weighted by Gasteiger charge is 2.42. The van der Waals surface area contributed by atoms with Gasteiger partial charge in [-0.2, -0.15) is 0 Å². The minimum atomic E-state index is -0.681. The number of ether oxygens (including phenoxy) is 1. The molecule has 0 bridgehead atoms. The SMILES string of the molecule is CN1CCN(C2=Nc3cc(Cl)ccc3Oc3ccccc32)CC1C(C(=O)O)C1CCCC1. The van der Waals surface area contributed by atoms with E-state index in [9.17, 15) is 9.90 Å². The first-order valence-corrected chi connectivity index (χ1v) is 11.7. The molecule has 6 nitrogen and oxygen atoms in total. The van der Waals surface area contributed by atoms with Gasteiger partial charge in [-0.05, 0) is 56.1 Å². The van der Waals surface area contributed by atoms with Crippen molar-refractivity contribution < 1.29 is 14.6 Å². The molecular weight excluding hydrogens is 426 g/mol. The van der Waals surface area contributed by atoms with Gasteiger partial charge in [-0.1, -0.05) is 36.6 Å². The van der Waals surface area contributed by atoms with Crippen molar-refractivity contribution in [1.29, 1.82) is 0 Å². The van der Waals surface area contributed by atoms with E-state index in [0.717, 1.165) is 55.9 Å². The highest BCUT2D eigenvalue weighted by atomic mass is 35.5. The molecule has 2 aromatic rings. The van der Waals surface area contributed by atoms with E-state index in [0.29, 0.717) is 23.0 Å². The van der Waals surface area contributed by atoms with Crippen molar-refractivity contribution in [2.45, 2.75) is 31.7 Å². The number of halogens is 1. The zero-order valence-corrected chi connectivity index (χ0v) is 19.0. The molecule has 0 aromatic heterocycles. The number of carbonyl (C=O) groups is 1. The Hall–Kier alpha value is -2.57. The fourth-order valence-electron chi connectivity index (χ4n) is 5.42. The van der Waals surface area contributed by atoms with Crippen LogP contribution in [0.2, 0.25) is 5.02 Å². The van der Waals surface area contributed by atoms with Crippen LogP contribution in [0.25, 0.3) is 0 Å². The summed E-state index contributed by atoms with van der Waals surface area (Å²) in [6.45, 7) is 2.17. The number of nitrogens with zero attached hydrogens (tertiary/aromatic N) is 3. The molecule has 32 heavy (non-hydrogen) atoms. The number of aliphatic imine (C=N–C) groups is 1. The third-order valence-electron chi connectivity index (χ3n) is 7.10. The fraction of sp³-hybridized carbons (Fsp3) is 0.440. The van der Waals surface area contributed by atoms with Crippen LogP contribution in [0.4, 0.5) is 5.69 Å². The number of carboxylic acids is 1. The van der Waals surface area contributed by atoms with Crippen molar-refractivity contribution in [3.63, 3.8) is 0 Å². The van der Waals surface area contributed by atoms with E-state index in [1.54, 1.807) is 6.07 Å². The largest absolute Gasteiger partial charge is 0.481 e. The van der Waals surface area contributed by atoms with E-state index in [4.69, 9.17) is 21.3 Å². The summed E-state index contributed by atoms with van der Waals surface area (Å²) >= 11 is 6.26. The minimum absolute atomic E-state index is 0.0674. The molecule has 2 fully saturated rings. The molecule has 1 saturated heterocycles. The summed E-state index contributed by atoms with van der Waals surface area (Å²) in [6.07, 6.45) is 4.27. The van der Waals surface area contributed by atoms with E-state index < -0.39 is 5.97 Å². The van der Waals surface area contributed by atoms with Gasteiger partial charge in [-0.3, -0.25) is 9.69 Å². The molecule has 7 heteroatoms. The second-order valence-electron chi connectivity index (χ2n) is 9.05. The lowest BCUT2D eigenvalue weighted by molar-refractivity contribution is -0.147. The molecule has 1 saturated carbocycles. The van der Waals surface area contributed by atoms with Gasteiger partial charge in [0.1, 0.15) is 17.3 Å². The third-order valence-corrected chi connectivity index (χ3v) is 7.33. The van der Waals surface area contributed by atoms with Crippen LogP contribution < -0.4 is 4.74 Å². The Labute approximate surface area is 193 Å². The van der Waals surface area contributed by atoms with E-state index in [2.05, 4.69) is 9.80 Å². The summed E-state index contributed by atoms with van der Waals surface area (Å²) in [5.41, 5.74) is 1.60. The Morgan fingerprint density at radius 1 is 1.16 bits per heavy atom. The molecule has 0 radical (unpaired) electrons. The number of hydrogen-bond donors (Lipinski definition) is 1. The number of benzene rings is 2. The molecule has 168 valence electrons. The molecule has 0 spiro atoms. The van der Waals surface area contributed by atoms with Gasteiger partial charge in [0.05, 0.1) is 11.5 Å². The van der Waals surface area contributed by atoms with Gasteiger partial charge in [0.15, 0.2) is 5.75 Å². The average Bonchev–Trinajstić information content (AvgIpc) is 3.24. The van der Waals surface area contributed by atoms with Gasteiger partial charge < -0.3 is 14.7 Å². The monoisotopic (exact) mass is 453 g/mol. The van der Waals surface area contributed by atoms with Crippen LogP contribution in [0.3, 0.4) is 0 Å². The van der Waals surface area contributed by atoms with E-state index in [-0.39, 0.29) is 17.9 Å². The molecule has 5 rings (SSSR count). The maximum absolute atomic E-state index is 12.4. The number of aliphatic carboxylic acids is 1. The van der Waals surface area contributed by atoms with Crippen molar-refractivity contribution >= 4 is 29.1 Å². The normalized spacial score (nSPS) is 22.4. The molecule has 2 aromatic carbocycles. The summed E-state index contributed by atoms with van der Waals surface area (Å²) < 4.78 is 6.19. The van der Waals surface area contributed by atoms with Crippen molar-refractivity contribution in [3.8, 4) is 11.5 Å².